The molecule has 20 atom stereocenters. The van der Waals surface area contributed by atoms with Gasteiger partial charge in [0.2, 0.25) is 12.2 Å². The summed E-state index contributed by atoms with van der Waals surface area (Å²) in [6, 6.07) is 4.05. The fourth-order valence-electron chi connectivity index (χ4n) is 7.19. The van der Waals surface area contributed by atoms with Crippen LogP contribution in [0.3, 0.4) is 0 Å². The minimum absolute atomic E-state index is 0.0409. The first-order chi connectivity index (χ1) is 28.6. The minimum Gasteiger partial charge on any atom is -0.462 e. The van der Waals surface area contributed by atoms with Gasteiger partial charge in [0, 0.05) is 17.7 Å². The number of unbranched alkanes of at least 4 members (excludes halogenated alkanes) is 1. The Morgan fingerprint density at radius 1 is 0.600 bits per heavy atom. The summed E-state index contributed by atoms with van der Waals surface area (Å²) in [5.41, 5.74) is 0.244. The molecule has 344 valence electrons. The molecule has 14 N–H and O–H groups in total. The summed E-state index contributed by atoms with van der Waals surface area (Å²) in [4.78, 5) is 12.1. The van der Waals surface area contributed by atoms with Crippen molar-refractivity contribution < 1.29 is 113 Å². The first-order valence-corrected chi connectivity index (χ1v) is 19.4. The number of benzene rings is 1. The van der Waals surface area contributed by atoms with Crippen molar-refractivity contribution in [1.29, 1.82) is 0 Å². The van der Waals surface area contributed by atoms with Gasteiger partial charge in [-0.15, -0.1) is 0 Å². The zero-order chi connectivity index (χ0) is 44.0. The van der Waals surface area contributed by atoms with Crippen molar-refractivity contribution in [3.63, 3.8) is 0 Å². The number of anilines is 1. The van der Waals surface area contributed by atoms with Crippen LogP contribution in [-0.4, -0.2) is 222 Å². The van der Waals surface area contributed by atoms with E-state index in [1.54, 1.807) is 0 Å². The van der Waals surface area contributed by atoms with Crippen LogP contribution in [0.4, 0.5) is 10.1 Å². The molecule has 1 aromatic rings. The van der Waals surface area contributed by atoms with Crippen LogP contribution in [0.5, 0.6) is 5.75 Å². The summed E-state index contributed by atoms with van der Waals surface area (Å²) in [7, 11) is 0. The van der Waals surface area contributed by atoms with Crippen molar-refractivity contribution in [1.82, 2.24) is 0 Å². The summed E-state index contributed by atoms with van der Waals surface area (Å²) in [5.74, 6) is -0.398. The van der Waals surface area contributed by atoms with Gasteiger partial charge in [0.15, 0.2) is 18.9 Å². The molecule has 4 heterocycles. The summed E-state index contributed by atoms with van der Waals surface area (Å²) in [6.07, 6.45) is -34.4. The number of halogens is 1. The van der Waals surface area contributed by atoms with Crippen molar-refractivity contribution in [3.05, 3.63) is 23.8 Å². The molecule has 0 spiro atoms. The van der Waals surface area contributed by atoms with Crippen LogP contribution in [0, 0.1) is 0 Å². The van der Waals surface area contributed by atoms with Gasteiger partial charge in [0.1, 0.15) is 110 Å². The quantitative estimate of drug-likeness (QED) is 0.0693. The van der Waals surface area contributed by atoms with Gasteiger partial charge in [-0.25, -0.2) is 4.39 Å². The number of ether oxygens (including phenoxy) is 8. The SMILES string of the molecule is CCCCC(=O)Nc1ccc(O[C@@H]2OC(CO)[C@@H](O[C@H]3OC(CO)[C@@H](O[C@H]4OC(CO)[C@@H](O[C@H]5OC(CO)[C@@H](O)[C@H](O)C5O)[C@H](O)C4O)[C@H](O)C3O)[C@H](O)C2O)c(CF)c1. The highest BCUT2D eigenvalue weighted by molar-refractivity contribution is 5.90. The lowest BCUT2D eigenvalue weighted by atomic mass is 9.95. The number of amides is 1. The largest absolute Gasteiger partial charge is 0.462 e. The minimum atomic E-state index is -2.08. The van der Waals surface area contributed by atoms with Crippen molar-refractivity contribution >= 4 is 11.6 Å². The fourth-order valence-corrected chi connectivity index (χ4v) is 7.19. The predicted molar refractivity (Wildman–Crippen MR) is 192 cm³/mol. The lowest BCUT2D eigenvalue weighted by Crippen LogP contribution is -2.67. The van der Waals surface area contributed by atoms with Crippen molar-refractivity contribution in [3.8, 4) is 5.75 Å². The van der Waals surface area contributed by atoms with Gasteiger partial charge >= 0.3 is 0 Å². The van der Waals surface area contributed by atoms with Gasteiger partial charge < -0.3 is 110 Å². The highest BCUT2D eigenvalue weighted by Crippen LogP contribution is 2.35. The van der Waals surface area contributed by atoms with Crippen LogP contribution in [0.2, 0.25) is 0 Å². The van der Waals surface area contributed by atoms with E-state index in [2.05, 4.69) is 5.32 Å². The molecule has 4 aliphatic rings. The Hall–Kier alpha value is -2.38. The number of carbonyl (C=O) groups excluding carboxylic acids is 1. The Labute approximate surface area is 341 Å². The lowest BCUT2D eigenvalue weighted by molar-refractivity contribution is -0.387. The second kappa shape index (κ2) is 21.8. The molecular formula is C36H56FNO22. The molecule has 0 bridgehead atoms. The second-order valence-electron chi connectivity index (χ2n) is 14.8. The molecule has 60 heavy (non-hydrogen) atoms. The lowest BCUT2D eigenvalue weighted by Gasteiger charge is -2.49. The maximum atomic E-state index is 14.0. The third-order valence-electron chi connectivity index (χ3n) is 10.7. The van der Waals surface area contributed by atoms with E-state index >= 15 is 0 Å². The summed E-state index contributed by atoms with van der Waals surface area (Å²) < 4.78 is 58.7. The maximum Gasteiger partial charge on any atom is 0.229 e. The van der Waals surface area contributed by atoms with Crippen molar-refractivity contribution in [2.45, 2.75) is 156 Å². The highest BCUT2D eigenvalue weighted by atomic mass is 19.1. The Morgan fingerprint density at radius 3 is 1.45 bits per heavy atom. The molecule has 4 saturated heterocycles. The summed E-state index contributed by atoms with van der Waals surface area (Å²) >= 11 is 0. The van der Waals surface area contributed by atoms with Gasteiger partial charge in [0.05, 0.1) is 26.4 Å². The van der Waals surface area contributed by atoms with Gasteiger partial charge in [-0.3, -0.25) is 4.79 Å². The molecule has 1 amide bonds. The fraction of sp³-hybridized carbons (Fsp3) is 0.806. The van der Waals surface area contributed by atoms with Gasteiger partial charge in [-0.2, -0.15) is 0 Å². The van der Waals surface area contributed by atoms with Crippen LogP contribution in [0.25, 0.3) is 0 Å². The van der Waals surface area contributed by atoms with E-state index in [0.717, 1.165) is 6.42 Å². The van der Waals surface area contributed by atoms with E-state index in [-0.39, 0.29) is 29.3 Å². The number of hydrogen-bond donors (Lipinski definition) is 14. The van der Waals surface area contributed by atoms with Crippen LogP contribution < -0.4 is 10.1 Å². The predicted octanol–water partition coefficient (Wildman–Crippen LogP) is -6.06. The Bertz CT molecular complexity index is 1500. The Morgan fingerprint density at radius 2 is 1.02 bits per heavy atom. The van der Waals surface area contributed by atoms with Gasteiger partial charge in [-0.05, 0) is 24.6 Å². The molecule has 0 aliphatic carbocycles. The first kappa shape index (κ1) is 48.6. The Balaban J connectivity index is 1.21. The molecule has 0 saturated carbocycles. The summed E-state index contributed by atoms with van der Waals surface area (Å²) in [6.45, 7) is -2.68. The van der Waals surface area contributed by atoms with Crippen molar-refractivity contribution in [2.75, 3.05) is 31.7 Å². The normalized spacial score (nSPS) is 42.5. The number of hydrogen-bond acceptors (Lipinski definition) is 22. The number of nitrogens with one attached hydrogen (secondary N) is 1. The third-order valence-corrected chi connectivity index (χ3v) is 10.7. The smallest absolute Gasteiger partial charge is 0.229 e. The molecule has 4 fully saturated rings. The van der Waals surface area contributed by atoms with E-state index in [4.69, 9.17) is 37.9 Å². The molecule has 24 heteroatoms. The van der Waals surface area contributed by atoms with E-state index in [9.17, 15) is 75.6 Å². The van der Waals surface area contributed by atoms with Crippen LogP contribution in [-0.2, 0) is 44.6 Å². The standard InChI is InChI=1S/C36H56FNO22/c1-2-3-4-20(43)38-14-5-6-15(13(7-14)8-37)53-33-27(50)23(46)30(17(10-40)55-33)59-35-29(52)25(48)32(19(12-42)57-35)60-36-28(51)24(47)31(18(11-41)56-36)58-34-26(49)22(45)21(44)16(9-39)54-34/h5-7,16-19,21-36,39-42,44-52H,2-4,8-12H2,1H3,(H,38,43)/t16?,17?,18?,19?,21-,22+,23-,24-,25-,26?,27?,28?,29?,30-,31-,32-,33-,34-,35-,36-/m1/s1. The zero-order valence-corrected chi connectivity index (χ0v) is 32.3. The third kappa shape index (κ3) is 10.7. The monoisotopic (exact) mass is 873 g/mol. The number of aliphatic hydroxyl groups excluding tert-OH is 13. The average molecular weight is 874 g/mol. The average Bonchev–Trinajstić information content (AvgIpc) is 3.24. The molecule has 0 aromatic heterocycles. The van der Waals surface area contributed by atoms with Crippen LogP contribution in [0.15, 0.2) is 18.2 Å². The zero-order valence-electron chi connectivity index (χ0n) is 32.3. The highest BCUT2D eigenvalue weighted by Gasteiger charge is 2.55. The molecule has 0 radical (unpaired) electrons. The number of alkyl halides is 1. The molecule has 1 aromatic carbocycles. The molecule has 8 unspecified atom stereocenters. The molecule has 23 nitrogen and oxygen atoms in total. The number of carbonyl (C=O) groups is 1. The van der Waals surface area contributed by atoms with Crippen LogP contribution >= 0.6 is 0 Å². The number of aliphatic hydroxyl groups is 13. The van der Waals surface area contributed by atoms with Gasteiger partial charge in [0.25, 0.3) is 0 Å². The second-order valence-corrected chi connectivity index (χ2v) is 14.8. The van der Waals surface area contributed by atoms with E-state index < -0.39 is 156 Å². The first-order valence-electron chi connectivity index (χ1n) is 19.4. The number of rotatable bonds is 17. The Kier molecular flexibility index (Phi) is 17.7. The molecular weight excluding hydrogens is 817 g/mol. The van der Waals surface area contributed by atoms with Crippen molar-refractivity contribution in [2.24, 2.45) is 0 Å². The maximum absolute atomic E-state index is 14.0. The van der Waals surface area contributed by atoms with E-state index in [0.29, 0.717) is 6.42 Å². The summed E-state index contributed by atoms with van der Waals surface area (Å²) in [5, 5.41) is 139. The van der Waals surface area contributed by atoms with E-state index in [1.807, 2.05) is 6.92 Å². The molecule has 4 aliphatic heterocycles. The molecule has 5 rings (SSSR count). The van der Waals surface area contributed by atoms with Crippen LogP contribution in [0.1, 0.15) is 31.7 Å². The van der Waals surface area contributed by atoms with Gasteiger partial charge in [-0.1, -0.05) is 13.3 Å². The topological polar surface area (TPSA) is 366 Å². The van der Waals surface area contributed by atoms with E-state index in [1.165, 1.54) is 18.2 Å².